The maximum atomic E-state index is 13.4. The van der Waals surface area contributed by atoms with E-state index in [2.05, 4.69) is 13.0 Å². The molecule has 1 aromatic carbocycles. The summed E-state index contributed by atoms with van der Waals surface area (Å²) < 4.78 is 0. The van der Waals surface area contributed by atoms with E-state index in [1.165, 1.54) is 0 Å². The quantitative estimate of drug-likeness (QED) is 0.756. The number of carbonyl (C=O) groups is 3. The molecule has 152 valence electrons. The van der Waals surface area contributed by atoms with Gasteiger partial charge in [0.1, 0.15) is 11.6 Å². The number of hydrogen-bond donors (Lipinski definition) is 0. The van der Waals surface area contributed by atoms with Crippen molar-refractivity contribution < 1.29 is 14.4 Å². The summed E-state index contributed by atoms with van der Waals surface area (Å²) in [6.45, 7) is 4.78. The molecule has 1 heterocycles. The van der Waals surface area contributed by atoms with Gasteiger partial charge in [-0.1, -0.05) is 50.3 Å². The van der Waals surface area contributed by atoms with E-state index >= 15 is 0 Å². The Bertz CT molecular complexity index is 919. The molecule has 4 nitrogen and oxygen atoms in total. The minimum absolute atomic E-state index is 0.0714. The number of rotatable bonds is 2. The second kappa shape index (κ2) is 6.38. The van der Waals surface area contributed by atoms with Crippen molar-refractivity contribution in [2.24, 2.45) is 28.6 Å². The zero-order valence-corrected chi connectivity index (χ0v) is 17.3. The molecule has 0 bridgehead atoms. The van der Waals surface area contributed by atoms with E-state index in [0.717, 1.165) is 30.5 Å². The summed E-state index contributed by atoms with van der Waals surface area (Å²) in [6, 6.07) is 10.1. The molecule has 2 saturated carbocycles. The lowest BCUT2D eigenvalue weighted by molar-refractivity contribution is -0.152. The first-order chi connectivity index (χ1) is 13.8. The highest BCUT2D eigenvalue weighted by molar-refractivity contribution is 5.96. The second-order valence-corrected chi connectivity index (χ2v) is 9.98. The predicted molar refractivity (Wildman–Crippen MR) is 109 cm³/mol. The van der Waals surface area contributed by atoms with Gasteiger partial charge in [0.15, 0.2) is 0 Å². The first kappa shape index (κ1) is 18.8. The lowest BCUT2D eigenvalue weighted by Gasteiger charge is -2.56. The highest BCUT2D eigenvalue weighted by atomic mass is 16.2. The molecule has 1 aliphatic heterocycles. The minimum Gasteiger partial charge on any atom is -0.312 e. The number of benzene rings is 1. The summed E-state index contributed by atoms with van der Waals surface area (Å²) in [5.41, 5.74) is 1.38. The van der Waals surface area contributed by atoms with Crippen LogP contribution in [0.2, 0.25) is 0 Å². The first-order valence-corrected chi connectivity index (χ1v) is 11.0. The summed E-state index contributed by atoms with van der Waals surface area (Å²) in [5, 5.41) is 0. The molecule has 4 heteroatoms. The summed E-state index contributed by atoms with van der Waals surface area (Å²) in [5.74, 6) is 1.13. The van der Waals surface area contributed by atoms with Gasteiger partial charge in [0, 0.05) is 41.7 Å². The van der Waals surface area contributed by atoms with Crippen LogP contribution in [0.3, 0.4) is 0 Å². The molecule has 4 aliphatic rings. The van der Waals surface area contributed by atoms with E-state index in [0.29, 0.717) is 31.7 Å². The van der Waals surface area contributed by atoms with E-state index in [4.69, 9.17) is 0 Å². The zero-order valence-electron chi connectivity index (χ0n) is 17.3. The van der Waals surface area contributed by atoms with Crippen LogP contribution in [-0.2, 0) is 20.9 Å². The molecule has 5 rings (SSSR count). The molecular weight excluding hydrogens is 362 g/mol. The van der Waals surface area contributed by atoms with Gasteiger partial charge in [0.25, 0.3) is 0 Å². The molecule has 0 unspecified atom stereocenters. The van der Waals surface area contributed by atoms with Crippen molar-refractivity contribution in [2.45, 2.75) is 58.9 Å². The molecule has 5 atom stereocenters. The molecule has 0 spiro atoms. The van der Waals surface area contributed by atoms with Gasteiger partial charge in [-0.05, 0) is 36.7 Å². The SMILES string of the molecule is C[C@]12CCC(=O)N(Cc3ccccc3)C1=CC[C@@H]1[C@@H]2C(=O)C[C@]2(C)C(=O)CC[C@@H]12. The van der Waals surface area contributed by atoms with Crippen LogP contribution in [0.5, 0.6) is 0 Å². The van der Waals surface area contributed by atoms with Crippen LogP contribution >= 0.6 is 0 Å². The fourth-order valence-corrected chi connectivity index (χ4v) is 7.00. The number of nitrogens with zero attached hydrogens (tertiary/aromatic N) is 1. The monoisotopic (exact) mass is 391 g/mol. The van der Waals surface area contributed by atoms with Crippen LogP contribution < -0.4 is 0 Å². The largest absolute Gasteiger partial charge is 0.312 e. The van der Waals surface area contributed by atoms with Gasteiger partial charge in [-0.2, -0.15) is 0 Å². The van der Waals surface area contributed by atoms with Crippen molar-refractivity contribution in [1.29, 1.82) is 0 Å². The third kappa shape index (κ3) is 2.60. The van der Waals surface area contributed by atoms with Crippen LogP contribution in [0.1, 0.15) is 57.9 Å². The van der Waals surface area contributed by atoms with Gasteiger partial charge in [-0.3, -0.25) is 14.4 Å². The standard InChI is InChI=1S/C25H29NO3/c1-24-13-12-22(29)26(15-16-6-4-3-5-7-16)20(24)10-8-17-18-9-11-21(28)25(18,2)14-19(27)23(17)24/h3-7,10,17-18,23H,8-9,11-15H2,1-2H3/t17-,18-,23+,24-,25-/m0/s1. The molecule has 3 aliphatic carbocycles. The maximum Gasteiger partial charge on any atom is 0.227 e. The lowest BCUT2D eigenvalue weighted by Crippen LogP contribution is -2.57. The minimum atomic E-state index is -0.464. The average molecular weight is 392 g/mol. The second-order valence-electron chi connectivity index (χ2n) is 9.98. The Balaban J connectivity index is 1.53. The molecule has 0 radical (unpaired) electrons. The third-order valence-corrected chi connectivity index (χ3v) is 8.46. The van der Waals surface area contributed by atoms with E-state index < -0.39 is 5.41 Å². The Morgan fingerprint density at radius 1 is 1.03 bits per heavy atom. The predicted octanol–water partition coefficient (Wildman–Crippen LogP) is 4.29. The van der Waals surface area contributed by atoms with Crippen LogP contribution in [-0.4, -0.2) is 22.4 Å². The van der Waals surface area contributed by atoms with E-state index in [9.17, 15) is 14.4 Å². The Hall–Kier alpha value is -2.23. The van der Waals surface area contributed by atoms with E-state index in [-0.39, 0.29) is 34.7 Å². The van der Waals surface area contributed by atoms with Crippen molar-refractivity contribution in [1.82, 2.24) is 4.90 Å². The molecule has 0 N–H and O–H groups in total. The molecule has 1 aromatic rings. The van der Waals surface area contributed by atoms with Crippen molar-refractivity contribution >= 4 is 17.5 Å². The van der Waals surface area contributed by atoms with Gasteiger partial charge < -0.3 is 4.90 Å². The van der Waals surface area contributed by atoms with Crippen LogP contribution in [0, 0.1) is 28.6 Å². The Morgan fingerprint density at radius 2 is 1.79 bits per heavy atom. The number of likely N-dealkylation sites (tertiary alicyclic amines) is 1. The van der Waals surface area contributed by atoms with Crippen molar-refractivity contribution in [3.05, 3.63) is 47.7 Å². The number of carbonyl (C=O) groups excluding carboxylic acids is 3. The summed E-state index contributed by atoms with van der Waals surface area (Å²) in [6.07, 6.45) is 6.15. The van der Waals surface area contributed by atoms with Crippen molar-refractivity contribution in [3.8, 4) is 0 Å². The Morgan fingerprint density at radius 3 is 2.55 bits per heavy atom. The Labute approximate surface area is 172 Å². The average Bonchev–Trinajstić information content (AvgIpc) is 2.99. The van der Waals surface area contributed by atoms with Crippen molar-refractivity contribution in [3.63, 3.8) is 0 Å². The van der Waals surface area contributed by atoms with E-state index in [1.54, 1.807) is 0 Å². The molecule has 1 amide bonds. The molecule has 1 saturated heterocycles. The highest BCUT2D eigenvalue weighted by Crippen LogP contribution is 2.62. The fraction of sp³-hybridized carbons (Fsp3) is 0.560. The van der Waals surface area contributed by atoms with Crippen molar-refractivity contribution in [2.75, 3.05) is 0 Å². The van der Waals surface area contributed by atoms with Gasteiger partial charge in [-0.25, -0.2) is 0 Å². The van der Waals surface area contributed by atoms with Gasteiger partial charge in [0.05, 0.1) is 6.54 Å². The number of amides is 1. The number of fused-ring (bicyclic) bond motifs is 5. The number of piperidine rings is 1. The van der Waals surface area contributed by atoms with Crippen LogP contribution in [0.15, 0.2) is 42.1 Å². The van der Waals surface area contributed by atoms with E-state index in [1.807, 2.05) is 42.2 Å². The number of hydrogen-bond acceptors (Lipinski definition) is 3. The summed E-state index contributed by atoms with van der Waals surface area (Å²) >= 11 is 0. The number of Topliss-reactive ketones (excluding diaryl/α,β-unsaturated/α-hetero) is 2. The first-order valence-electron chi connectivity index (χ1n) is 11.0. The van der Waals surface area contributed by atoms with Gasteiger partial charge >= 0.3 is 0 Å². The highest BCUT2D eigenvalue weighted by Gasteiger charge is 2.62. The van der Waals surface area contributed by atoms with Crippen LogP contribution in [0.25, 0.3) is 0 Å². The number of ketones is 2. The zero-order chi connectivity index (χ0) is 20.4. The summed E-state index contributed by atoms with van der Waals surface area (Å²) in [7, 11) is 0. The molecular formula is C25H29NO3. The Kier molecular flexibility index (Phi) is 4.13. The molecule has 3 fully saturated rings. The maximum absolute atomic E-state index is 13.4. The smallest absolute Gasteiger partial charge is 0.227 e. The number of allylic oxidation sites excluding steroid dienone is 2. The van der Waals surface area contributed by atoms with Gasteiger partial charge in [0.2, 0.25) is 5.91 Å². The van der Waals surface area contributed by atoms with Gasteiger partial charge in [-0.15, -0.1) is 0 Å². The summed E-state index contributed by atoms with van der Waals surface area (Å²) in [4.78, 5) is 40.8. The molecule has 29 heavy (non-hydrogen) atoms. The third-order valence-electron chi connectivity index (χ3n) is 8.46. The van der Waals surface area contributed by atoms with Crippen LogP contribution in [0.4, 0.5) is 0 Å². The topological polar surface area (TPSA) is 54.5 Å². The fourth-order valence-electron chi connectivity index (χ4n) is 7.00. The lowest BCUT2D eigenvalue weighted by atomic mass is 9.49. The molecule has 0 aromatic heterocycles. The normalized spacial score (nSPS) is 39.0.